The van der Waals surface area contributed by atoms with E-state index in [4.69, 9.17) is 0 Å². The third-order valence-electron chi connectivity index (χ3n) is 16.1. The Morgan fingerprint density at radius 2 is 0.718 bits per heavy atom. The van der Waals surface area contributed by atoms with Crippen LogP contribution in [0.25, 0.3) is 23.0 Å². The van der Waals surface area contributed by atoms with E-state index >= 15 is 0 Å². The van der Waals surface area contributed by atoms with Gasteiger partial charge in [0.2, 0.25) is 11.4 Å². The molecule has 0 saturated heterocycles. The average Bonchev–Trinajstić information content (AvgIpc) is 3.89. The molecule has 0 bridgehead atoms. The van der Waals surface area contributed by atoms with Crippen molar-refractivity contribution in [3.05, 3.63) is 108 Å². The van der Waals surface area contributed by atoms with Crippen molar-refractivity contribution < 1.29 is 25.1 Å². The van der Waals surface area contributed by atoms with Gasteiger partial charge in [-0.2, -0.15) is 12.8 Å². The second kappa shape index (κ2) is 59.5. The first kappa shape index (κ1) is 75.9. The maximum atomic E-state index is 11.3. The van der Waals surface area contributed by atoms with E-state index in [9.17, 15) is 5.53 Å². The van der Waals surface area contributed by atoms with Crippen LogP contribution in [0.1, 0.15) is 371 Å². The molecule has 0 unspecified atom stereocenters. The number of benzene rings is 2. The van der Waals surface area contributed by atoms with Gasteiger partial charge in [0, 0.05) is 22.8 Å². The number of hydrogen-bond donors (Lipinski definition) is 0. The quantitative estimate of drug-likeness (QED) is 0.0273. The van der Waals surface area contributed by atoms with Gasteiger partial charge in [0.1, 0.15) is 0 Å². The number of hydrogen-bond acceptors (Lipinski definition) is 0. The summed E-state index contributed by atoms with van der Waals surface area (Å²) >= 11 is 0. The molecule has 1 aliphatic heterocycles. The van der Waals surface area contributed by atoms with Gasteiger partial charge in [-0.25, -0.2) is 4.70 Å². The molecule has 450 valence electrons. The Balaban J connectivity index is 0.00000118. The standard InChI is InChI=1S/C31H40N2.2C22H45.Pd/c1-4-7-9-10-11-12-16-26-18-13-20-27(22-26)30-24-29(19-8-5-2)31(33(30)32)28-21-14-17-25(23-28)15-6-3;2*1-3-5-7-9-11-13-15-17-19-21-22-20-18-16-14-12-10-8-6-4-2;/h6,13-15,17-18,20-24H,4-5,7-12,16,19H2,1-3H3;2*1,3-22H2,2H3;/q;2*-1;+2. The van der Waals surface area contributed by atoms with Crippen LogP contribution in [0.3, 0.4) is 0 Å². The van der Waals surface area contributed by atoms with E-state index in [1.54, 1.807) is 0 Å². The van der Waals surface area contributed by atoms with Crippen molar-refractivity contribution in [2.45, 2.75) is 356 Å². The summed E-state index contributed by atoms with van der Waals surface area (Å²) < 4.78 is 1.42. The van der Waals surface area contributed by atoms with Gasteiger partial charge >= 0.3 is 20.4 Å². The van der Waals surface area contributed by atoms with Crippen LogP contribution >= 0.6 is 0 Å². The first-order chi connectivity index (χ1) is 38.0. The van der Waals surface area contributed by atoms with E-state index in [2.05, 4.69) is 108 Å². The molecule has 0 saturated carbocycles. The number of rotatable bonds is 51. The molecule has 78 heavy (non-hydrogen) atoms. The molecule has 2 aromatic carbocycles. The third kappa shape index (κ3) is 43.6. The van der Waals surface area contributed by atoms with E-state index in [1.165, 1.54) is 298 Å². The summed E-state index contributed by atoms with van der Waals surface area (Å²) in [6.07, 6.45) is 76.2. The molecule has 0 amide bonds. The molecule has 0 atom stereocenters. The van der Waals surface area contributed by atoms with Gasteiger partial charge in [-0.05, 0) is 68.0 Å². The van der Waals surface area contributed by atoms with Crippen LogP contribution < -0.4 is 0 Å². The molecule has 0 fully saturated rings. The topological polar surface area (TPSA) is 25.3 Å². The molecule has 0 N–H and O–H groups in total. The fourth-order valence-electron chi connectivity index (χ4n) is 11.1. The number of allylic oxidation sites excluding steroid dienone is 3. The van der Waals surface area contributed by atoms with Gasteiger partial charge in [-0.3, -0.25) is 0 Å². The molecule has 0 aliphatic carbocycles. The summed E-state index contributed by atoms with van der Waals surface area (Å²) in [6.45, 7) is 18.9. The van der Waals surface area contributed by atoms with Gasteiger partial charge in [0.15, 0.2) is 0 Å². The molecular weight excluding hydrogens is 1040 g/mol. The molecule has 0 spiro atoms. The van der Waals surface area contributed by atoms with E-state index in [1.807, 2.05) is 6.92 Å². The molecule has 2 aromatic rings. The Kier molecular flexibility index (Phi) is 58.0. The summed E-state index contributed by atoms with van der Waals surface area (Å²) in [4.78, 5) is 0. The fourth-order valence-corrected chi connectivity index (χ4v) is 11.1. The smallest absolute Gasteiger partial charge is 0.493 e. The van der Waals surface area contributed by atoms with E-state index in [0.29, 0.717) is 0 Å². The van der Waals surface area contributed by atoms with E-state index < -0.39 is 0 Å². The van der Waals surface area contributed by atoms with Crippen molar-refractivity contribution in [1.82, 2.24) is 0 Å². The minimum absolute atomic E-state index is 0. The van der Waals surface area contributed by atoms with Gasteiger partial charge in [0.25, 0.3) is 0 Å². The van der Waals surface area contributed by atoms with Crippen molar-refractivity contribution in [3.63, 3.8) is 0 Å². The van der Waals surface area contributed by atoms with Crippen molar-refractivity contribution in [2.24, 2.45) is 0 Å². The Morgan fingerprint density at radius 3 is 1.08 bits per heavy atom. The van der Waals surface area contributed by atoms with Crippen molar-refractivity contribution in [1.29, 1.82) is 0 Å². The van der Waals surface area contributed by atoms with Crippen LogP contribution in [0.2, 0.25) is 0 Å². The number of unbranched alkanes of at least 4 members (excludes halogenated alkanes) is 44. The van der Waals surface area contributed by atoms with Gasteiger partial charge < -0.3 is 19.4 Å². The minimum atomic E-state index is 0. The maximum absolute atomic E-state index is 11.3. The molecule has 1 aliphatic rings. The zero-order valence-corrected chi connectivity index (χ0v) is 54.4. The minimum Gasteiger partial charge on any atom is -0.493 e. The fraction of sp³-hybridized carbons (Fsp3) is 0.733. The Labute approximate surface area is 503 Å². The van der Waals surface area contributed by atoms with Crippen molar-refractivity contribution in [2.75, 3.05) is 0 Å². The summed E-state index contributed by atoms with van der Waals surface area (Å²) in [5, 5.41) is 0. The monoisotopic (exact) mass is 1160 g/mol. The third-order valence-corrected chi connectivity index (χ3v) is 16.1. The Bertz CT molecular complexity index is 1600. The van der Waals surface area contributed by atoms with Crippen molar-refractivity contribution >= 4 is 17.5 Å². The Morgan fingerprint density at radius 1 is 0.385 bits per heavy atom. The first-order valence-electron chi connectivity index (χ1n) is 34.4. The van der Waals surface area contributed by atoms with Crippen LogP contribution in [0.4, 0.5) is 0 Å². The van der Waals surface area contributed by atoms with Crippen LogP contribution in [0.15, 0.2) is 66.3 Å². The largest absolute Gasteiger partial charge is 2.00 e. The molecule has 1 heterocycles. The average molecular weight is 1170 g/mol. The summed E-state index contributed by atoms with van der Waals surface area (Å²) in [5.41, 5.74) is 19.0. The SMILES string of the molecule is CC=Cc1cccc(C2=C(CCCC)C=C(c3cccc(CCCCCCCC)c3)[N+]2=[N-])c1.[CH2-]CCCCCCCCCCCCCCCCCCCCC.[CH2-]CCCCCCCCCCCCCCCCCCCCC.[Pd+2]. The molecule has 3 rings (SSSR count). The maximum Gasteiger partial charge on any atom is 2.00 e. The Hall–Kier alpha value is -2.08. The van der Waals surface area contributed by atoms with Gasteiger partial charge in [-0.1, -0.05) is 347 Å². The summed E-state index contributed by atoms with van der Waals surface area (Å²) in [5.74, 6) is 0. The zero-order valence-electron chi connectivity index (χ0n) is 52.8. The number of aryl methyl sites for hydroxylation is 1. The molecule has 0 aromatic heterocycles. The van der Waals surface area contributed by atoms with Crippen LogP contribution in [-0.2, 0) is 26.8 Å². The van der Waals surface area contributed by atoms with Crippen LogP contribution in [0, 0.1) is 13.8 Å². The van der Waals surface area contributed by atoms with E-state index in [-0.39, 0.29) is 20.4 Å². The number of nitrogens with zero attached hydrogens (tertiary/aromatic N) is 2. The molecular formula is C75H130N2Pd. The predicted molar refractivity (Wildman–Crippen MR) is 349 cm³/mol. The molecule has 0 radical (unpaired) electrons. The molecule has 2 nitrogen and oxygen atoms in total. The summed E-state index contributed by atoms with van der Waals surface area (Å²) in [7, 11) is 0. The van der Waals surface area contributed by atoms with E-state index in [0.717, 1.165) is 66.6 Å². The first-order valence-corrected chi connectivity index (χ1v) is 34.4. The van der Waals surface area contributed by atoms with Gasteiger partial charge in [0.05, 0.1) is 0 Å². The zero-order chi connectivity index (χ0) is 55.8. The molecule has 3 heteroatoms. The van der Waals surface area contributed by atoms with Crippen molar-refractivity contribution in [3.8, 4) is 0 Å². The predicted octanol–water partition coefficient (Wildman–Crippen LogP) is 26.9. The van der Waals surface area contributed by atoms with Crippen LogP contribution in [-0.4, -0.2) is 4.70 Å². The summed E-state index contributed by atoms with van der Waals surface area (Å²) in [6, 6.07) is 17.2. The van der Waals surface area contributed by atoms with Crippen LogP contribution in [0.5, 0.6) is 0 Å². The normalized spacial score (nSPS) is 12.2. The second-order valence-electron chi connectivity index (χ2n) is 23.6. The second-order valence-corrected chi connectivity index (χ2v) is 23.6. The van der Waals surface area contributed by atoms with Gasteiger partial charge in [-0.15, -0.1) is 0 Å².